The van der Waals surface area contributed by atoms with Gasteiger partial charge < -0.3 is 0 Å². The fourth-order valence-electron chi connectivity index (χ4n) is 1.83. The Morgan fingerprint density at radius 1 is 1.19 bits per heavy atom. The van der Waals surface area contributed by atoms with Crippen LogP contribution in [-0.2, 0) is 10.0 Å². The van der Waals surface area contributed by atoms with E-state index in [-0.39, 0.29) is 6.04 Å². The molecule has 0 radical (unpaired) electrons. The summed E-state index contributed by atoms with van der Waals surface area (Å²) >= 11 is 0. The van der Waals surface area contributed by atoms with Crippen molar-refractivity contribution in [3.63, 3.8) is 0 Å². The second-order valence-electron chi connectivity index (χ2n) is 5.12. The highest BCUT2D eigenvalue weighted by molar-refractivity contribution is 7.95. The second-order valence-corrected chi connectivity index (χ2v) is 6.68. The van der Waals surface area contributed by atoms with E-state index in [1.165, 1.54) is 0 Å². The van der Waals surface area contributed by atoms with Gasteiger partial charge in [-0.05, 0) is 32.4 Å². The average molecular weight is 305 g/mol. The molecule has 0 aliphatic heterocycles. The lowest BCUT2D eigenvalue weighted by Crippen LogP contribution is -2.14. The van der Waals surface area contributed by atoms with Crippen molar-refractivity contribution in [1.82, 2.24) is 9.78 Å². The van der Waals surface area contributed by atoms with Crippen LogP contribution in [0, 0.1) is 6.92 Å². The van der Waals surface area contributed by atoms with Crippen LogP contribution >= 0.6 is 0 Å². The Bertz CT molecular complexity index is 729. The summed E-state index contributed by atoms with van der Waals surface area (Å²) in [5, 5.41) is 5.26. The lowest BCUT2D eigenvalue weighted by atomic mass is 10.2. The Hall–Kier alpha value is -2.08. The molecule has 1 heterocycles. The topological polar surface area (TPSA) is 64.0 Å². The summed E-state index contributed by atoms with van der Waals surface area (Å²) in [6.45, 7) is 5.86. The number of hydrogen-bond acceptors (Lipinski definition) is 3. The van der Waals surface area contributed by atoms with Gasteiger partial charge in [0.1, 0.15) is 5.82 Å². The zero-order valence-corrected chi connectivity index (χ0v) is 13.1. The van der Waals surface area contributed by atoms with Crippen LogP contribution in [0.25, 0.3) is 6.08 Å². The molecule has 0 fully saturated rings. The van der Waals surface area contributed by atoms with Crippen molar-refractivity contribution in [2.24, 2.45) is 0 Å². The number of nitrogens with zero attached hydrogens (tertiary/aromatic N) is 2. The van der Waals surface area contributed by atoms with Crippen molar-refractivity contribution in [2.45, 2.75) is 26.8 Å². The molecule has 1 aromatic heterocycles. The Morgan fingerprint density at radius 2 is 1.86 bits per heavy atom. The molecule has 0 spiro atoms. The highest BCUT2D eigenvalue weighted by Crippen LogP contribution is 2.15. The van der Waals surface area contributed by atoms with Gasteiger partial charge in [0.15, 0.2) is 0 Å². The zero-order chi connectivity index (χ0) is 15.5. The number of sulfonamides is 1. The van der Waals surface area contributed by atoms with Crippen molar-refractivity contribution in [2.75, 3.05) is 4.72 Å². The maximum absolute atomic E-state index is 12.1. The molecule has 0 aliphatic carbocycles. The van der Waals surface area contributed by atoms with Crippen molar-refractivity contribution in [1.29, 1.82) is 0 Å². The summed E-state index contributed by atoms with van der Waals surface area (Å²) in [7, 11) is -3.56. The lowest BCUT2D eigenvalue weighted by Gasteiger charge is -2.11. The fourth-order valence-corrected chi connectivity index (χ4v) is 2.69. The van der Waals surface area contributed by atoms with Crippen molar-refractivity contribution < 1.29 is 8.42 Å². The van der Waals surface area contributed by atoms with E-state index in [0.717, 1.165) is 16.5 Å². The molecule has 21 heavy (non-hydrogen) atoms. The van der Waals surface area contributed by atoms with Crippen LogP contribution in [0.5, 0.6) is 0 Å². The maximum Gasteiger partial charge on any atom is 0.256 e. The number of rotatable bonds is 5. The van der Waals surface area contributed by atoms with E-state index in [2.05, 4.69) is 9.82 Å². The molecular weight excluding hydrogens is 286 g/mol. The second kappa shape index (κ2) is 6.13. The molecular formula is C15H19N3O2S. The first-order chi connectivity index (χ1) is 9.87. The lowest BCUT2D eigenvalue weighted by molar-refractivity contribution is 0.539. The van der Waals surface area contributed by atoms with E-state index in [0.29, 0.717) is 5.82 Å². The van der Waals surface area contributed by atoms with E-state index in [4.69, 9.17) is 0 Å². The van der Waals surface area contributed by atoms with Gasteiger partial charge in [0.25, 0.3) is 10.0 Å². The monoisotopic (exact) mass is 305 g/mol. The number of aryl methyl sites for hydroxylation is 1. The molecule has 6 heteroatoms. The van der Waals surface area contributed by atoms with Crippen LogP contribution in [0.15, 0.2) is 41.9 Å². The van der Waals surface area contributed by atoms with Crippen LogP contribution in [0.2, 0.25) is 0 Å². The summed E-state index contributed by atoms with van der Waals surface area (Å²) in [5.74, 6) is 0.457. The molecule has 2 aromatic rings. The van der Waals surface area contributed by atoms with Gasteiger partial charge in [-0.15, -0.1) is 0 Å². The summed E-state index contributed by atoms with van der Waals surface area (Å²) in [4.78, 5) is 0. The smallest absolute Gasteiger partial charge is 0.256 e. The molecule has 1 aromatic carbocycles. The third-order valence-corrected chi connectivity index (χ3v) is 3.91. The molecule has 0 bridgehead atoms. The average Bonchev–Trinajstić information content (AvgIpc) is 2.85. The molecule has 0 saturated carbocycles. The normalized spacial score (nSPS) is 12.2. The van der Waals surface area contributed by atoms with Gasteiger partial charge in [-0.2, -0.15) is 5.10 Å². The zero-order valence-electron chi connectivity index (χ0n) is 12.3. The third kappa shape index (κ3) is 4.19. The van der Waals surface area contributed by atoms with Crippen molar-refractivity contribution in [3.8, 4) is 0 Å². The summed E-state index contributed by atoms with van der Waals surface area (Å²) in [6.07, 6.45) is 3.14. The standard InChI is InChI=1S/C15H19N3O2S/c1-12(2)18-15(8-10-16-18)17-21(19,20)11-9-14-6-4-13(3)5-7-14/h4-12,17H,1-3H3. The first-order valence-electron chi connectivity index (χ1n) is 6.68. The molecule has 0 atom stereocenters. The first-order valence-corrected chi connectivity index (χ1v) is 8.23. The van der Waals surface area contributed by atoms with Crippen LogP contribution in [0.3, 0.4) is 0 Å². The summed E-state index contributed by atoms with van der Waals surface area (Å²) in [5.41, 5.74) is 1.97. The van der Waals surface area contributed by atoms with E-state index < -0.39 is 10.0 Å². The van der Waals surface area contributed by atoms with Gasteiger partial charge in [-0.3, -0.25) is 4.72 Å². The van der Waals surface area contributed by atoms with E-state index >= 15 is 0 Å². The Balaban J connectivity index is 2.15. The molecule has 0 amide bonds. The number of benzene rings is 1. The van der Waals surface area contributed by atoms with Crippen LogP contribution in [-0.4, -0.2) is 18.2 Å². The van der Waals surface area contributed by atoms with Gasteiger partial charge in [-0.25, -0.2) is 13.1 Å². The summed E-state index contributed by atoms with van der Waals surface area (Å²) in [6, 6.07) is 9.34. The molecule has 1 N–H and O–H groups in total. The van der Waals surface area contributed by atoms with E-state index in [9.17, 15) is 8.42 Å². The Labute approximate surface area is 125 Å². The van der Waals surface area contributed by atoms with Crippen LogP contribution in [0.1, 0.15) is 31.0 Å². The predicted octanol–water partition coefficient (Wildman–Crippen LogP) is 3.19. The van der Waals surface area contributed by atoms with Gasteiger partial charge >= 0.3 is 0 Å². The minimum Gasteiger partial charge on any atom is -0.264 e. The van der Waals surface area contributed by atoms with Crippen LogP contribution in [0.4, 0.5) is 5.82 Å². The Kier molecular flexibility index (Phi) is 4.47. The fraction of sp³-hybridized carbons (Fsp3) is 0.267. The minimum absolute atomic E-state index is 0.0822. The Morgan fingerprint density at radius 3 is 2.48 bits per heavy atom. The van der Waals surface area contributed by atoms with Crippen LogP contribution < -0.4 is 4.72 Å². The van der Waals surface area contributed by atoms with E-state index in [1.807, 2.05) is 45.0 Å². The first kappa shape index (κ1) is 15.3. The molecule has 112 valence electrons. The van der Waals surface area contributed by atoms with Crippen molar-refractivity contribution in [3.05, 3.63) is 53.1 Å². The predicted molar refractivity (Wildman–Crippen MR) is 85.4 cm³/mol. The van der Waals surface area contributed by atoms with Gasteiger partial charge in [0.05, 0.1) is 11.6 Å². The molecule has 2 rings (SSSR count). The molecule has 0 unspecified atom stereocenters. The third-order valence-electron chi connectivity index (χ3n) is 2.92. The molecule has 5 nitrogen and oxygen atoms in total. The largest absolute Gasteiger partial charge is 0.264 e. The quantitative estimate of drug-likeness (QED) is 0.922. The number of hydrogen-bond donors (Lipinski definition) is 1. The van der Waals surface area contributed by atoms with Gasteiger partial charge in [-0.1, -0.05) is 29.8 Å². The summed E-state index contributed by atoms with van der Waals surface area (Å²) < 4.78 is 28.3. The molecule has 0 saturated heterocycles. The van der Waals surface area contributed by atoms with E-state index in [1.54, 1.807) is 23.0 Å². The van der Waals surface area contributed by atoms with Crippen molar-refractivity contribution >= 4 is 21.9 Å². The number of nitrogens with one attached hydrogen (secondary N) is 1. The highest BCUT2D eigenvalue weighted by atomic mass is 32.2. The van der Waals surface area contributed by atoms with Gasteiger partial charge in [0.2, 0.25) is 0 Å². The number of aromatic nitrogens is 2. The SMILES string of the molecule is Cc1ccc(C=CS(=O)(=O)Nc2ccnn2C(C)C)cc1. The highest BCUT2D eigenvalue weighted by Gasteiger charge is 2.11. The minimum atomic E-state index is -3.56. The number of anilines is 1. The molecule has 0 aliphatic rings. The maximum atomic E-state index is 12.1. The van der Waals surface area contributed by atoms with Gasteiger partial charge in [0, 0.05) is 12.1 Å².